The molecule has 4 saturated carbocycles. The highest BCUT2D eigenvalue weighted by molar-refractivity contribution is 6.00. The number of carboxylic acids is 1. The predicted octanol–water partition coefficient (Wildman–Crippen LogP) is 5.48. The molecule has 4 bridgehead atoms. The third kappa shape index (κ3) is 2.32. The molecular weight excluding hydrogens is 346 g/mol. The fourth-order valence-electron chi connectivity index (χ4n) is 6.83. The standard InChI is InChI=1S/C25H25NO2/c27-23(28)14-26-21-7-3-1-5-19(21)25(20-6-2-4-8-22(20)26)24-17-10-15-9-16(12-17)13-18(24)11-15/h1-8,15-18H,9-14H2,(H,27,28). The molecule has 3 nitrogen and oxygen atoms in total. The van der Waals surface area contributed by atoms with Crippen molar-refractivity contribution in [3.63, 3.8) is 0 Å². The largest absolute Gasteiger partial charge is 0.480 e. The van der Waals surface area contributed by atoms with Gasteiger partial charge >= 0.3 is 5.97 Å². The second-order valence-corrected chi connectivity index (χ2v) is 9.15. The maximum atomic E-state index is 11.6. The Hall–Kier alpha value is -2.55. The van der Waals surface area contributed by atoms with Crippen LogP contribution in [0.25, 0.3) is 5.57 Å². The van der Waals surface area contributed by atoms with Crippen LogP contribution >= 0.6 is 0 Å². The van der Waals surface area contributed by atoms with Gasteiger partial charge in [-0.1, -0.05) is 42.0 Å². The minimum atomic E-state index is -0.796. The van der Waals surface area contributed by atoms with Crippen LogP contribution in [0.3, 0.4) is 0 Å². The molecule has 0 saturated heterocycles. The van der Waals surface area contributed by atoms with E-state index >= 15 is 0 Å². The zero-order valence-corrected chi connectivity index (χ0v) is 16.0. The van der Waals surface area contributed by atoms with E-state index in [0.717, 1.165) is 35.0 Å². The van der Waals surface area contributed by atoms with Gasteiger partial charge in [0.2, 0.25) is 0 Å². The van der Waals surface area contributed by atoms with Crippen molar-refractivity contribution in [2.45, 2.75) is 32.1 Å². The highest BCUT2D eigenvalue weighted by atomic mass is 16.4. The van der Waals surface area contributed by atoms with E-state index in [0.29, 0.717) is 0 Å². The van der Waals surface area contributed by atoms with E-state index in [1.165, 1.54) is 48.8 Å². The number of hydrogen-bond donors (Lipinski definition) is 1. The second kappa shape index (κ2) is 5.97. The van der Waals surface area contributed by atoms with Crippen molar-refractivity contribution in [2.24, 2.45) is 23.7 Å². The lowest BCUT2D eigenvalue weighted by molar-refractivity contribution is -0.135. The quantitative estimate of drug-likeness (QED) is 0.760. The fourth-order valence-corrected chi connectivity index (χ4v) is 6.83. The van der Waals surface area contributed by atoms with Crippen molar-refractivity contribution < 1.29 is 9.90 Å². The van der Waals surface area contributed by atoms with E-state index < -0.39 is 5.97 Å². The normalized spacial score (nSPS) is 29.6. The molecule has 0 spiro atoms. The van der Waals surface area contributed by atoms with Gasteiger partial charge in [0.15, 0.2) is 0 Å². The molecule has 0 aromatic heterocycles. The number of carboxylic acid groups (broad SMARTS) is 1. The number of rotatable bonds is 2. The zero-order valence-electron chi connectivity index (χ0n) is 16.0. The van der Waals surface area contributed by atoms with Crippen LogP contribution in [0.2, 0.25) is 0 Å². The van der Waals surface area contributed by atoms with Gasteiger partial charge in [-0.05, 0) is 73.5 Å². The van der Waals surface area contributed by atoms with Crippen molar-refractivity contribution in [2.75, 3.05) is 11.4 Å². The van der Waals surface area contributed by atoms with Gasteiger partial charge in [0.05, 0.1) is 0 Å². The molecule has 1 N–H and O–H groups in total. The van der Waals surface area contributed by atoms with Crippen molar-refractivity contribution in [1.82, 2.24) is 0 Å². The number of para-hydroxylation sites is 2. The van der Waals surface area contributed by atoms with Gasteiger partial charge < -0.3 is 10.0 Å². The van der Waals surface area contributed by atoms with Gasteiger partial charge in [0, 0.05) is 22.5 Å². The van der Waals surface area contributed by atoms with Gasteiger partial charge in [0.1, 0.15) is 6.54 Å². The van der Waals surface area contributed by atoms with Crippen LogP contribution in [0.4, 0.5) is 11.4 Å². The number of aliphatic carboxylic acids is 1. The smallest absolute Gasteiger partial charge is 0.323 e. The molecule has 0 atom stereocenters. The number of benzene rings is 2. The van der Waals surface area contributed by atoms with Gasteiger partial charge in [-0.2, -0.15) is 0 Å². The lowest BCUT2D eigenvalue weighted by Gasteiger charge is -2.53. The minimum Gasteiger partial charge on any atom is -0.480 e. The molecule has 3 heteroatoms. The maximum Gasteiger partial charge on any atom is 0.323 e. The SMILES string of the molecule is O=C(O)CN1c2ccccc2C(=C2C3CC4CC(C3)CC2C4)c2ccccc21. The number of allylic oxidation sites excluding steroid dienone is 1. The maximum absolute atomic E-state index is 11.6. The summed E-state index contributed by atoms with van der Waals surface area (Å²) in [7, 11) is 0. The monoisotopic (exact) mass is 371 g/mol. The summed E-state index contributed by atoms with van der Waals surface area (Å²) in [6, 6.07) is 16.8. The molecule has 0 unspecified atom stereocenters. The molecule has 0 amide bonds. The molecule has 1 heterocycles. The highest BCUT2D eigenvalue weighted by Gasteiger charge is 2.47. The summed E-state index contributed by atoms with van der Waals surface area (Å²) in [5, 5.41) is 9.54. The van der Waals surface area contributed by atoms with Crippen LogP contribution in [-0.4, -0.2) is 17.6 Å². The minimum absolute atomic E-state index is 0.00630. The van der Waals surface area contributed by atoms with E-state index in [9.17, 15) is 9.90 Å². The van der Waals surface area contributed by atoms with Crippen LogP contribution in [0.15, 0.2) is 54.1 Å². The average molecular weight is 371 g/mol. The van der Waals surface area contributed by atoms with Gasteiger partial charge in [0.25, 0.3) is 0 Å². The first-order chi connectivity index (χ1) is 13.7. The Balaban J connectivity index is 1.61. The fraction of sp³-hybridized carbons (Fsp3) is 0.400. The molecule has 7 rings (SSSR count). The van der Waals surface area contributed by atoms with E-state index in [-0.39, 0.29) is 6.54 Å². The molecule has 1 aliphatic heterocycles. The summed E-state index contributed by atoms with van der Waals surface area (Å²) in [4.78, 5) is 13.6. The van der Waals surface area contributed by atoms with Crippen molar-refractivity contribution in [3.05, 3.63) is 65.2 Å². The van der Waals surface area contributed by atoms with E-state index in [4.69, 9.17) is 0 Å². The van der Waals surface area contributed by atoms with Gasteiger partial charge in [-0.25, -0.2) is 0 Å². The second-order valence-electron chi connectivity index (χ2n) is 9.15. The van der Waals surface area contributed by atoms with Crippen molar-refractivity contribution in [1.29, 1.82) is 0 Å². The first-order valence-corrected chi connectivity index (χ1v) is 10.6. The molecular formula is C25H25NO2. The first kappa shape index (κ1) is 16.4. The van der Waals surface area contributed by atoms with E-state index in [1.54, 1.807) is 5.57 Å². The molecule has 4 fully saturated rings. The number of carbonyl (C=O) groups is 1. The topological polar surface area (TPSA) is 40.5 Å². The molecule has 28 heavy (non-hydrogen) atoms. The summed E-state index contributed by atoms with van der Waals surface area (Å²) in [6.07, 6.45) is 6.88. The number of nitrogens with zero attached hydrogens (tertiary/aromatic N) is 1. The van der Waals surface area contributed by atoms with Crippen LogP contribution in [-0.2, 0) is 4.79 Å². The predicted molar refractivity (Wildman–Crippen MR) is 111 cm³/mol. The third-order valence-corrected chi connectivity index (χ3v) is 7.53. The number of fused-ring (bicyclic) bond motifs is 2. The first-order valence-electron chi connectivity index (χ1n) is 10.6. The summed E-state index contributed by atoms with van der Waals surface area (Å²) < 4.78 is 0. The summed E-state index contributed by atoms with van der Waals surface area (Å²) >= 11 is 0. The summed E-state index contributed by atoms with van der Waals surface area (Å²) in [5.41, 5.74) is 7.64. The lowest BCUT2D eigenvalue weighted by Crippen LogP contribution is -2.41. The summed E-state index contributed by atoms with van der Waals surface area (Å²) in [5.74, 6) is 2.51. The Morgan fingerprint density at radius 1 is 0.821 bits per heavy atom. The van der Waals surface area contributed by atoms with Crippen LogP contribution in [0.5, 0.6) is 0 Å². The van der Waals surface area contributed by atoms with Crippen molar-refractivity contribution in [3.8, 4) is 0 Å². The Morgan fingerprint density at radius 2 is 1.32 bits per heavy atom. The lowest BCUT2D eigenvalue weighted by atomic mass is 9.53. The van der Waals surface area contributed by atoms with E-state index in [1.807, 2.05) is 17.0 Å². The van der Waals surface area contributed by atoms with Crippen LogP contribution < -0.4 is 4.90 Å². The summed E-state index contributed by atoms with van der Waals surface area (Å²) in [6.45, 7) is -0.00630. The Labute approximate surface area is 165 Å². The molecule has 2 aromatic rings. The average Bonchev–Trinajstić information content (AvgIpc) is 2.68. The van der Waals surface area contributed by atoms with Gasteiger partial charge in [-0.15, -0.1) is 0 Å². The Bertz CT molecular complexity index is 926. The zero-order chi connectivity index (χ0) is 18.8. The molecule has 142 valence electrons. The molecule has 0 radical (unpaired) electrons. The number of hydrogen-bond acceptors (Lipinski definition) is 2. The van der Waals surface area contributed by atoms with Gasteiger partial charge in [-0.3, -0.25) is 4.79 Å². The third-order valence-electron chi connectivity index (χ3n) is 7.53. The van der Waals surface area contributed by atoms with E-state index in [2.05, 4.69) is 36.4 Å². The molecule has 5 aliphatic rings. The number of anilines is 2. The molecule has 2 aromatic carbocycles. The van der Waals surface area contributed by atoms with Crippen LogP contribution in [0.1, 0.15) is 43.2 Å². The highest BCUT2D eigenvalue weighted by Crippen LogP contribution is 2.60. The Kier molecular flexibility index (Phi) is 3.50. The van der Waals surface area contributed by atoms with Crippen LogP contribution in [0, 0.1) is 23.7 Å². The molecule has 4 aliphatic carbocycles. The van der Waals surface area contributed by atoms with Crippen molar-refractivity contribution >= 4 is 22.9 Å². The Morgan fingerprint density at radius 3 is 1.82 bits per heavy atom.